The van der Waals surface area contributed by atoms with Crippen molar-refractivity contribution in [3.8, 4) is 32.3 Å². The van der Waals surface area contributed by atoms with Crippen molar-refractivity contribution in [2.75, 3.05) is 6.26 Å². The van der Waals surface area contributed by atoms with Crippen molar-refractivity contribution in [2.24, 2.45) is 0 Å². The molecule has 30 heavy (non-hydrogen) atoms. The minimum Gasteiger partial charge on any atom is -0.258 e. The van der Waals surface area contributed by atoms with Gasteiger partial charge >= 0.3 is 0 Å². The molecule has 4 nitrogen and oxygen atoms in total. The van der Waals surface area contributed by atoms with E-state index in [1.807, 2.05) is 32.0 Å². The number of pyridine rings is 1. The maximum Gasteiger partial charge on any atom is 0.175 e. The summed E-state index contributed by atoms with van der Waals surface area (Å²) in [6.45, 7) is 6.06. The van der Waals surface area contributed by atoms with Gasteiger partial charge in [-0.25, -0.2) is 13.4 Å². The minimum absolute atomic E-state index is 0.308. The van der Waals surface area contributed by atoms with E-state index in [0.717, 1.165) is 43.7 Å². The molecule has 0 amide bonds. The third-order valence-electron chi connectivity index (χ3n) is 4.79. The second kappa shape index (κ2) is 7.78. The Bertz CT molecular complexity index is 1320. The lowest BCUT2D eigenvalue weighted by Crippen LogP contribution is -1.96. The van der Waals surface area contributed by atoms with E-state index >= 15 is 0 Å². The van der Waals surface area contributed by atoms with E-state index < -0.39 is 9.84 Å². The topological polar surface area (TPSA) is 59.9 Å². The summed E-state index contributed by atoms with van der Waals surface area (Å²) in [5.41, 5.74) is 7.08. The summed E-state index contributed by atoms with van der Waals surface area (Å²) < 4.78 is 23.6. The third-order valence-corrected chi connectivity index (χ3v) is 7.07. The molecular formula is C24H22N2O2S2. The van der Waals surface area contributed by atoms with Crippen LogP contribution in [-0.4, -0.2) is 24.6 Å². The number of hydrogen-bond acceptors (Lipinski definition) is 5. The molecule has 2 aromatic carbocycles. The van der Waals surface area contributed by atoms with Crippen molar-refractivity contribution in [1.82, 2.24) is 9.97 Å². The Hall–Kier alpha value is -2.83. The van der Waals surface area contributed by atoms with Crippen LogP contribution >= 0.6 is 11.3 Å². The largest absolute Gasteiger partial charge is 0.258 e. The number of rotatable bonds is 4. The van der Waals surface area contributed by atoms with Crippen molar-refractivity contribution in [2.45, 2.75) is 25.7 Å². The van der Waals surface area contributed by atoms with Gasteiger partial charge in [-0.3, -0.25) is 4.98 Å². The van der Waals surface area contributed by atoms with E-state index in [2.05, 4.69) is 42.2 Å². The van der Waals surface area contributed by atoms with Gasteiger partial charge in [0.1, 0.15) is 5.01 Å². The lowest BCUT2D eigenvalue weighted by Gasteiger charge is -2.06. The van der Waals surface area contributed by atoms with Gasteiger partial charge in [-0.15, -0.1) is 11.3 Å². The zero-order valence-electron chi connectivity index (χ0n) is 17.3. The van der Waals surface area contributed by atoms with Crippen molar-refractivity contribution in [1.29, 1.82) is 0 Å². The van der Waals surface area contributed by atoms with Crippen LogP contribution in [0.25, 0.3) is 32.3 Å². The highest BCUT2D eigenvalue weighted by Gasteiger charge is 2.17. The predicted molar refractivity (Wildman–Crippen MR) is 124 cm³/mol. The van der Waals surface area contributed by atoms with E-state index in [9.17, 15) is 8.42 Å². The lowest BCUT2D eigenvalue weighted by atomic mass is 10.0. The van der Waals surface area contributed by atoms with Crippen LogP contribution in [0.1, 0.15) is 17.0 Å². The molecular weight excluding hydrogens is 412 g/mol. The van der Waals surface area contributed by atoms with Gasteiger partial charge in [0.2, 0.25) is 0 Å². The Labute approximate surface area is 181 Å². The van der Waals surface area contributed by atoms with Gasteiger partial charge in [-0.1, -0.05) is 35.9 Å². The van der Waals surface area contributed by atoms with Crippen molar-refractivity contribution >= 4 is 21.2 Å². The smallest absolute Gasteiger partial charge is 0.175 e. The fourth-order valence-electron chi connectivity index (χ4n) is 3.44. The van der Waals surface area contributed by atoms with E-state index in [4.69, 9.17) is 4.98 Å². The molecule has 0 aliphatic rings. The number of nitrogens with zero attached hydrogens (tertiary/aromatic N) is 2. The molecule has 0 unspecified atom stereocenters. The number of aryl methyl sites for hydroxylation is 3. The van der Waals surface area contributed by atoms with Crippen molar-refractivity contribution < 1.29 is 8.42 Å². The Morgan fingerprint density at radius 3 is 2.03 bits per heavy atom. The van der Waals surface area contributed by atoms with Crippen LogP contribution in [0.4, 0.5) is 0 Å². The Balaban J connectivity index is 1.90. The van der Waals surface area contributed by atoms with Crippen molar-refractivity contribution in [3.05, 3.63) is 77.6 Å². The van der Waals surface area contributed by atoms with Crippen LogP contribution in [0.3, 0.4) is 0 Å². The van der Waals surface area contributed by atoms with Gasteiger partial charge in [-0.05, 0) is 56.7 Å². The first-order chi connectivity index (χ1) is 14.2. The molecule has 2 heterocycles. The molecule has 0 atom stereocenters. The van der Waals surface area contributed by atoms with Crippen LogP contribution in [0, 0.1) is 20.8 Å². The number of sulfone groups is 1. The summed E-state index contributed by atoms with van der Waals surface area (Å²) in [5.74, 6) is 0. The predicted octanol–water partition coefficient (Wildman–Crippen LogP) is 5.87. The molecule has 0 aliphatic heterocycles. The normalized spacial score (nSPS) is 11.6. The first-order valence-electron chi connectivity index (χ1n) is 9.55. The first-order valence-corrected chi connectivity index (χ1v) is 12.3. The maximum absolute atomic E-state index is 11.8. The maximum atomic E-state index is 11.8. The second-order valence-corrected chi connectivity index (χ2v) is 10.5. The Kier molecular flexibility index (Phi) is 5.30. The molecule has 6 heteroatoms. The van der Waals surface area contributed by atoms with E-state index in [0.29, 0.717) is 4.90 Å². The van der Waals surface area contributed by atoms with Gasteiger partial charge in [0, 0.05) is 28.8 Å². The van der Waals surface area contributed by atoms with Crippen LogP contribution in [-0.2, 0) is 9.84 Å². The van der Waals surface area contributed by atoms with Gasteiger partial charge in [0.25, 0.3) is 0 Å². The number of hydrogen-bond donors (Lipinski definition) is 0. The number of benzene rings is 2. The fraction of sp³-hybridized carbons (Fsp3) is 0.167. The van der Waals surface area contributed by atoms with Gasteiger partial charge in [0.05, 0.1) is 15.5 Å². The molecule has 152 valence electrons. The highest BCUT2D eigenvalue weighted by molar-refractivity contribution is 7.90. The summed E-state index contributed by atoms with van der Waals surface area (Å²) >= 11 is 1.61. The number of thiazole rings is 1. The molecule has 4 aromatic rings. The molecule has 0 fully saturated rings. The fourth-order valence-corrected chi connectivity index (χ4v) is 5.15. The summed E-state index contributed by atoms with van der Waals surface area (Å²) in [6, 6.07) is 19.4. The Morgan fingerprint density at radius 2 is 1.43 bits per heavy atom. The molecule has 0 radical (unpaired) electrons. The monoisotopic (exact) mass is 434 g/mol. The molecule has 0 spiro atoms. The molecule has 0 saturated heterocycles. The standard InChI is InChI=1S/C24H22N2O2S2/c1-15-6-5-7-19(12-15)22-23(20-13-16(2)25-17(3)14-20)29-24(26-22)18-8-10-21(11-9-18)30(4,27)28/h5-14H,1-4H3. The SMILES string of the molecule is Cc1cccc(-c2nc(-c3ccc(S(C)(=O)=O)cc3)sc2-c2cc(C)nc(C)c2)c1. The molecule has 2 aromatic heterocycles. The summed E-state index contributed by atoms with van der Waals surface area (Å²) in [7, 11) is -3.23. The van der Waals surface area contributed by atoms with Crippen LogP contribution in [0.2, 0.25) is 0 Å². The number of aromatic nitrogens is 2. The molecule has 0 N–H and O–H groups in total. The minimum atomic E-state index is -3.23. The Morgan fingerprint density at radius 1 is 0.767 bits per heavy atom. The van der Waals surface area contributed by atoms with Crippen molar-refractivity contribution in [3.63, 3.8) is 0 Å². The van der Waals surface area contributed by atoms with Gasteiger partial charge < -0.3 is 0 Å². The molecule has 0 saturated carbocycles. The quantitative estimate of drug-likeness (QED) is 0.403. The van der Waals surface area contributed by atoms with Crippen LogP contribution < -0.4 is 0 Å². The van der Waals surface area contributed by atoms with E-state index in [-0.39, 0.29) is 0 Å². The zero-order chi connectivity index (χ0) is 21.5. The summed E-state index contributed by atoms with van der Waals surface area (Å²) in [5, 5.41) is 0.855. The van der Waals surface area contributed by atoms with E-state index in [1.165, 1.54) is 11.8 Å². The highest BCUT2D eigenvalue weighted by atomic mass is 32.2. The lowest BCUT2D eigenvalue weighted by molar-refractivity contribution is 0.602. The van der Waals surface area contributed by atoms with Gasteiger partial charge in [-0.2, -0.15) is 0 Å². The summed E-state index contributed by atoms with van der Waals surface area (Å²) in [4.78, 5) is 10.9. The molecule has 0 bridgehead atoms. The van der Waals surface area contributed by atoms with Gasteiger partial charge in [0.15, 0.2) is 9.84 Å². The zero-order valence-corrected chi connectivity index (χ0v) is 18.9. The molecule has 4 rings (SSSR count). The average molecular weight is 435 g/mol. The average Bonchev–Trinajstić information content (AvgIpc) is 3.12. The molecule has 0 aliphatic carbocycles. The van der Waals surface area contributed by atoms with E-state index in [1.54, 1.807) is 23.5 Å². The highest BCUT2D eigenvalue weighted by Crippen LogP contribution is 2.41. The van der Waals surface area contributed by atoms with Crippen LogP contribution in [0.5, 0.6) is 0 Å². The van der Waals surface area contributed by atoms with Crippen LogP contribution in [0.15, 0.2) is 65.6 Å². The first kappa shape index (κ1) is 20.4. The second-order valence-electron chi connectivity index (χ2n) is 7.50. The summed E-state index contributed by atoms with van der Waals surface area (Å²) in [6.07, 6.45) is 1.22. The third kappa shape index (κ3) is 4.20.